The molecule has 12 heavy (non-hydrogen) atoms. The van der Waals surface area contributed by atoms with Crippen molar-refractivity contribution in [3.63, 3.8) is 0 Å². The van der Waals surface area contributed by atoms with Gasteiger partial charge in [0.2, 0.25) is 0 Å². The summed E-state index contributed by atoms with van der Waals surface area (Å²) in [4.78, 5) is 0. The standard InChI is InChI=1S/C11H24.Bi.3H/c1-6-7-8-9-10(2)11(3,4)5;;;;/h10H,6-9H2,1-5H3;;;;. The van der Waals surface area contributed by atoms with Crippen molar-refractivity contribution in [3.05, 3.63) is 0 Å². The van der Waals surface area contributed by atoms with Crippen LogP contribution < -0.4 is 0 Å². The molecule has 0 spiro atoms. The number of hydrogen-bond donors (Lipinski definition) is 0. The van der Waals surface area contributed by atoms with Gasteiger partial charge in [0.1, 0.15) is 0 Å². The van der Waals surface area contributed by atoms with E-state index >= 15 is 0 Å². The third-order valence-electron chi connectivity index (χ3n) is 2.72. The van der Waals surface area contributed by atoms with Crippen molar-refractivity contribution < 1.29 is 0 Å². The molecule has 76 valence electrons. The summed E-state index contributed by atoms with van der Waals surface area (Å²) < 4.78 is 0. The van der Waals surface area contributed by atoms with Crippen LogP contribution in [0.2, 0.25) is 0 Å². The first-order chi connectivity index (χ1) is 4.98. The van der Waals surface area contributed by atoms with Crippen LogP contribution in [0.25, 0.3) is 0 Å². The van der Waals surface area contributed by atoms with Crippen molar-refractivity contribution in [1.82, 2.24) is 0 Å². The third kappa shape index (κ3) is 7.53. The SMILES string of the molecule is CCCCCC(C)C(C)(C)C.[BiH3]. The van der Waals surface area contributed by atoms with Crippen LogP contribution in [0.3, 0.4) is 0 Å². The molecular formula is C11H27Bi. The maximum atomic E-state index is 2.37. The van der Waals surface area contributed by atoms with Gasteiger partial charge in [0.25, 0.3) is 0 Å². The summed E-state index contributed by atoms with van der Waals surface area (Å²) in [6.07, 6.45) is 5.56. The fraction of sp³-hybridized carbons (Fsp3) is 1.00. The van der Waals surface area contributed by atoms with Crippen LogP contribution in [0.15, 0.2) is 0 Å². The average Bonchev–Trinajstić information content (AvgIpc) is 1.86. The summed E-state index contributed by atoms with van der Waals surface area (Å²) >= 11 is 0. The van der Waals surface area contributed by atoms with Gasteiger partial charge in [-0.05, 0) is 11.3 Å². The summed E-state index contributed by atoms with van der Waals surface area (Å²) in [5.74, 6) is 0.869. The number of hydrogen-bond acceptors (Lipinski definition) is 0. The zero-order valence-corrected chi connectivity index (χ0v) is 15.1. The fourth-order valence-corrected chi connectivity index (χ4v) is 1.13. The number of rotatable bonds is 4. The molecule has 0 saturated heterocycles. The molecule has 0 saturated carbocycles. The Bertz CT molecular complexity index is 91.7. The average molecular weight is 368 g/mol. The molecule has 1 unspecified atom stereocenters. The van der Waals surface area contributed by atoms with Crippen molar-refractivity contribution in [2.24, 2.45) is 11.3 Å². The van der Waals surface area contributed by atoms with Gasteiger partial charge in [-0.15, -0.1) is 0 Å². The van der Waals surface area contributed by atoms with Gasteiger partial charge >= 0.3 is 26.2 Å². The summed E-state index contributed by atoms with van der Waals surface area (Å²) in [6.45, 7) is 11.6. The van der Waals surface area contributed by atoms with Crippen LogP contribution in [0, 0.1) is 11.3 Å². The zero-order chi connectivity index (χ0) is 8.91. The molecule has 0 nitrogen and oxygen atoms in total. The summed E-state index contributed by atoms with van der Waals surface area (Å²) in [7, 11) is 0. The Kier molecular flexibility index (Phi) is 9.35. The molecule has 0 aromatic carbocycles. The van der Waals surface area contributed by atoms with Gasteiger partial charge in [-0.2, -0.15) is 0 Å². The summed E-state index contributed by atoms with van der Waals surface area (Å²) in [5, 5.41) is 0. The Morgan fingerprint density at radius 3 is 1.92 bits per heavy atom. The van der Waals surface area contributed by atoms with Crippen molar-refractivity contribution >= 4 is 26.2 Å². The van der Waals surface area contributed by atoms with Crippen molar-refractivity contribution in [2.45, 2.75) is 60.3 Å². The van der Waals surface area contributed by atoms with Crippen LogP contribution in [-0.4, -0.2) is 26.2 Å². The summed E-state index contributed by atoms with van der Waals surface area (Å²) in [6, 6.07) is 0. The van der Waals surface area contributed by atoms with Gasteiger partial charge in [-0.3, -0.25) is 0 Å². The van der Waals surface area contributed by atoms with Gasteiger partial charge < -0.3 is 0 Å². The molecule has 0 fully saturated rings. The second-order valence-electron chi connectivity index (χ2n) is 4.76. The van der Waals surface area contributed by atoms with Crippen LogP contribution in [0.4, 0.5) is 0 Å². The van der Waals surface area contributed by atoms with E-state index in [1.54, 1.807) is 0 Å². The molecule has 0 rings (SSSR count). The Balaban J connectivity index is 0. The van der Waals surface area contributed by atoms with Crippen LogP contribution in [0.1, 0.15) is 60.3 Å². The van der Waals surface area contributed by atoms with Gasteiger partial charge in [0, 0.05) is 0 Å². The molecule has 1 heteroatoms. The molecule has 1 atom stereocenters. The summed E-state index contributed by atoms with van der Waals surface area (Å²) in [5.41, 5.74) is 0.508. The molecule has 0 aromatic rings. The first kappa shape index (κ1) is 15.4. The molecule has 0 radical (unpaired) electrons. The first-order valence-electron chi connectivity index (χ1n) is 4.98. The van der Waals surface area contributed by atoms with Crippen molar-refractivity contribution in [3.8, 4) is 0 Å². The van der Waals surface area contributed by atoms with Gasteiger partial charge in [0.15, 0.2) is 0 Å². The van der Waals surface area contributed by atoms with E-state index in [1.807, 2.05) is 0 Å². The molecule has 0 aliphatic carbocycles. The van der Waals surface area contributed by atoms with E-state index < -0.39 is 0 Å². The van der Waals surface area contributed by atoms with Gasteiger partial charge in [0.05, 0.1) is 0 Å². The normalized spacial score (nSPS) is 13.8. The topological polar surface area (TPSA) is 0 Å². The maximum absolute atomic E-state index is 2.37. The minimum absolute atomic E-state index is 0. The molecule has 0 N–H and O–H groups in total. The molecule has 0 aliphatic rings. The van der Waals surface area contributed by atoms with Crippen LogP contribution >= 0.6 is 0 Å². The fourth-order valence-electron chi connectivity index (χ4n) is 1.13. The van der Waals surface area contributed by atoms with Gasteiger partial charge in [-0.1, -0.05) is 60.3 Å². The van der Waals surface area contributed by atoms with Crippen molar-refractivity contribution in [1.29, 1.82) is 0 Å². The first-order valence-corrected chi connectivity index (χ1v) is 4.98. The van der Waals surface area contributed by atoms with E-state index in [0.29, 0.717) is 5.41 Å². The third-order valence-corrected chi connectivity index (χ3v) is 2.72. The van der Waals surface area contributed by atoms with Gasteiger partial charge in [-0.25, -0.2) is 0 Å². The predicted molar refractivity (Wildman–Crippen MR) is 62.7 cm³/mol. The van der Waals surface area contributed by atoms with E-state index in [1.165, 1.54) is 25.7 Å². The second kappa shape index (κ2) is 7.30. The molecule has 0 bridgehead atoms. The van der Waals surface area contributed by atoms with Crippen LogP contribution in [-0.2, 0) is 0 Å². The second-order valence-corrected chi connectivity index (χ2v) is 4.76. The molecule has 0 aliphatic heterocycles. The Morgan fingerprint density at radius 2 is 1.58 bits per heavy atom. The Hall–Kier alpha value is 0.883. The predicted octanol–water partition coefficient (Wildman–Crippen LogP) is 3.07. The van der Waals surface area contributed by atoms with E-state index in [9.17, 15) is 0 Å². The molecule has 0 aromatic heterocycles. The van der Waals surface area contributed by atoms with Crippen molar-refractivity contribution in [2.75, 3.05) is 0 Å². The van der Waals surface area contributed by atoms with E-state index in [2.05, 4.69) is 34.6 Å². The van der Waals surface area contributed by atoms with Crippen LogP contribution in [0.5, 0.6) is 0 Å². The molecule has 0 heterocycles. The Labute approximate surface area is 97.6 Å². The molecular weight excluding hydrogens is 341 g/mol. The number of unbranched alkanes of at least 4 members (excludes halogenated alkanes) is 2. The zero-order valence-electron chi connectivity index (χ0n) is 9.61. The van der Waals surface area contributed by atoms with E-state index in [-0.39, 0.29) is 26.2 Å². The van der Waals surface area contributed by atoms with E-state index in [0.717, 1.165) is 5.92 Å². The quantitative estimate of drug-likeness (QED) is 0.529. The molecule has 0 amide bonds. The monoisotopic (exact) mass is 368 g/mol. The minimum atomic E-state index is 0. The van der Waals surface area contributed by atoms with E-state index in [4.69, 9.17) is 0 Å². The Morgan fingerprint density at radius 1 is 1.08 bits per heavy atom.